The van der Waals surface area contributed by atoms with Gasteiger partial charge in [-0.05, 0) is 55.8 Å². The molecule has 0 aliphatic rings. The van der Waals surface area contributed by atoms with Crippen LogP contribution in [0.4, 0.5) is 0 Å². The number of sulfonamides is 1. The summed E-state index contributed by atoms with van der Waals surface area (Å²) in [5, 5.41) is 4.40. The highest BCUT2D eigenvalue weighted by atomic mass is 32.2. The van der Waals surface area contributed by atoms with E-state index in [9.17, 15) is 8.42 Å². The van der Waals surface area contributed by atoms with E-state index >= 15 is 0 Å². The van der Waals surface area contributed by atoms with Gasteiger partial charge in [-0.25, -0.2) is 13.1 Å². The molecule has 1 aromatic carbocycles. The topological polar surface area (TPSA) is 86.1 Å². The lowest BCUT2D eigenvalue weighted by molar-refractivity contribution is 0.337. The van der Waals surface area contributed by atoms with Crippen LogP contribution in [0.1, 0.15) is 18.2 Å². The molecule has 0 saturated heterocycles. The molecular formula is C19H22N4O3S. The third-order valence-corrected chi connectivity index (χ3v) is 5.50. The summed E-state index contributed by atoms with van der Waals surface area (Å²) in [6.07, 6.45) is 1.70. The van der Waals surface area contributed by atoms with Gasteiger partial charge < -0.3 is 4.74 Å². The summed E-state index contributed by atoms with van der Waals surface area (Å²) in [5.41, 5.74) is 2.95. The largest absolute Gasteiger partial charge is 0.494 e. The van der Waals surface area contributed by atoms with E-state index in [1.54, 1.807) is 36.1 Å². The fraction of sp³-hybridized carbons (Fsp3) is 0.263. The molecule has 0 fully saturated rings. The molecule has 0 bridgehead atoms. The molecule has 2 aromatic heterocycles. The fourth-order valence-electron chi connectivity index (χ4n) is 2.67. The minimum Gasteiger partial charge on any atom is -0.494 e. The summed E-state index contributed by atoms with van der Waals surface area (Å²) in [6.45, 7) is 4.37. The average Bonchev–Trinajstić information content (AvgIpc) is 3.03. The van der Waals surface area contributed by atoms with Crippen LogP contribution in [0.3, 0.4) is 0 Å². The van der Waals surface area contributed by atoms with Gasteiger partial charge in [0.1, 0.15) is 11.4 Å². The van der Waals surface area contributed by atoms with E-state index in [0.717, 1.165) is 17.0 Å². The molecule has 0 saturated carbocycles. The van der Waals surface area contributed by atoms with Crippen molar-refractivity contribution in [2.45, 2.75) is 25.3 Å². The normalized spacial score (nSPS) is 11.5. The predicted octanol–water partition coefficient (Wildman–Crippen LogP) is 2.67. The Morgan fingerprint density at radius 1 is 1.15 bits per heavy atom. The lowest BCUT2D eigenvalue weighted by atomic mass is 10.2. The van der Waals surface area contributed by atoms with Crippen molar-refractivity contribution in [2.75, 3.05) is 6.61 Å². The zero-order valence-corrected chi connectivity index (χ0v) is 16.3. The second kappa shape index (κ2) is 7.89. The van der Waals surface area contributed by atoms with Gasteiger partial charge in [0.25, 0.3) is 0 Å². The molecule has 7 nitrogen and oxygen atoms in total. The first-order chi connectivity index (χ1) is 12.9. The molecule has 0 atom stereocenters. The zero-order valence-electron chi connectivity index (χ0n) is 15.5. The highest BCUT2D eigenvalue weighted by Crippen LogP contribution is 2.22. The summed E-state index contributed by atoms with van der Waals surface area (Å²) in [6, 6.07) is 12.2. The van der Waals surface area contributed by atoms with Crippen LogP contribution >= 0.6 is 0 Å². The van der Waals surface area contributed by atoms with Crippen molar-refractivity contribution in [1.82, 2.24) is 19.5 Å². The zero-order chi connectivity index (χ0) is 19.4. The number of rotatable bonds is 7. The summed E-state index contributed by atoms with van der Waals surface area (Å²) < 4.78 is 35.0. The van der Waals surface area contributed by atoms with Gasteiger partial charge in [0.05, 0.1) is 29.4 Å². The molecule has 2 heterocycles. The number of aromatic nitrogens is 3. The van der Waals surface area contributed by atoms with Gasteiger partial charge in [-0.2, -0.15) is 5.10 Å². The van der Waals surface area contributed by atoms with E-state index in [4.69, 9.17) is 4.74 Å². The number of nitrogens with zero attached hydrogens (tertiary/aromatic N) is 3. The number of pyridine rings is 1. The average molecular weight is 386 g/mol. The van der Waals surface area contributed by atoms with Crippen LogP contribution in [-0.2, 0) is 23.6 Å². The van der Waals surface area contributed by atoms with Gasteiger partial charge >= 0.3 is 0 Å². The molecule has 142 valence electrons. The Morgan fingerprint density at radius 3 is 2.63 bits per heavy atom. The number of hydrogen-bond acceptors (Lipinski definition) is 5. The van der Waals surface area contributed by atoms with E-state index in [2.05, 4.69) is 14.8 Å². The van der Waals surface area contributed by atoms with Crippen LogP contribution in [0, 0.1) is 6.92 Å². The molecule has 0 radical (unpaired) electrons. The van der Waals surface area contributed by atoms with Gasteiger partial charge in [0.2, 0.25) is 10.0 Å². The summed E-state index contributed by atoms with van der Waals surface area (Å²) >= 11 is 0. The first-order valence-electron chi connectivity index (χ1n) is 8.58. The van der Waals surface area contributed by atoms with Crippen LogP contribution < -0.4 is 9.46 Å². The first-order valence-corrected chi connectivity index (χ1v) is 10.1. The van der Waals surface area contributed by atoms with Crippen LogP contribution in [0.15, 0.2) is 53.6 Å². The minimum absolute atomic E-state index is 0.130. The Morgan fingerprint density at radius 2 is 1.96 bits per heavy atom. The standard InChI is InChI=1S/C19H22N4O3S/c1-4-26-19-9-8-16(11-14(19)2)27(24,25)21-13-15-12-18(22-23(15)3)17-7-5-6-10-20-17/h5-12,21H,4,13H2,1-3H3. The van der Waals surface area contributed by atoms with E-state index in [1.165, 1.54) is 0 Å². The molecule has 0 amide bonds. The maximum atomic E-state index is 12.6. The summed E-state index contributed by atoms with van der Waals surface area (Å²) in [5.74, 6) is 0.683. The maximum absolute atomic E-state index is 12.6. The SMILES string of the molecule is CCOc1ccc(S(=O)(=O)NCc2cc(-c3ccccn3)nn2C)cc1C. The molecule has 0 spiro atoms. The lowest BCUT2D eigenvalue weighted by Gasteiger charge is -2.10. The van der Waals surface area contributed by atoms with Crippen molar-refractivity contribution in [1.29, 1.82) is 0 Å². The van der Waals surface area contributed by atoms with E-state index < -0.39 is 10.0 Å². The number of nitrogens with one attached hydrogen (secondary N) is 1. The van der Waals surface area contributed by atoms with Crippen molar-refractivity contribution in [3.8, 4) is 17.1 Å². The Labute approximate surface area is 159 Å². The maximum Gasteiger partial charge on any atom is 0.240 e. The van der Waals surface area contributed by atoms with Crippen LogP contribution in [0.2, 0.25) is 0 Å². The first kappa shape index (κ1) is 19.1. The van der Waals surface area contributed by atoms with Crippen LogP contribution in [0.25, 0.3) is 11.4 Å². The molecule has 8 heteroatoms. The molecule has 3 rings (SSSR count). The lowest BCUT2D eigenvalue weighted by Crippen LogP contribution is -2.24. The Balaban J connectivity index is 1.76. The Kier molecular flexibility index (Phi) is 5.57. The van der Waals surface area contributed by atoms with Crippen molar-refractivity contribution in [2.24, 2.45) is 7.05 Å². The van der Waals surface area contributed by atoms with E-state index in [0.29, 0.717) is 18.1 Å². The predicted molar refractivity (Wildman–Crippen MR) is 103 cm³/mol. The third kappa shape index (κ3) is 4.35. The van der Waals surface area contributed by atoms with Crippen molar-refractivity contribution < 1.29 is 13.2 Å². The Bertz CT molecular complexity index is 1030. The van der Waals surface area contributed by atoms with Gasteiger partial charge in [0.15, 0.2) is 0 Å². The molecule has 3 aromatic rings. The smallest absolute Gasteiger partial charge is 0.240 e. The number of benzene rings is 1. The minimum atomic E-state index is -3.65. The molecule has 0 unspecified atom stereocenters. The fourth-order valence-corrected chi connectivity index (χ4v) is 3.75. The van der Waals surface area contributed by atoms with Crippen molar-refractivity contribution >= 4 is 10.0 Å². The van der Waals surface area contributed by atoms with Crippen LogP contribution in [-0.4, -0.2) is 29.8 Å². The highest BCUT2D eigenvalue weighted by molar-refractivity contribution is 7.89. The van der Waals surface area contributed by atoms with Gasteiger partial charge in [-0.3, -0.25) is 9.67 Å². The highest BCUT2D eigenvalue weighted by Gasteiger charge is 2.17. The van der Waals surface area contributed by atoms with Crippen LogP contribution in [0.5, 0.6) is 5.75 Å². The van der Waals surface area contributed by atoms with E-state index in [-0.39, 0.29) is 11.4 Å². The monoisotopic (exact) mass is 386 g/mol. The molecule has 27 heavy (non-hydrogen) atoms. The van der Waals surface area contributed by atoms with Gasteiger partial charge in [-0.1, -0.05) is 6.07 Å². The Hall–Kier alpha value is -2.71. The molecular weight excluding hydrogens is 364 g/mol. The quantitative estimate of drug-likeness (QED) is 0.675. The second-order valence-electron chi connectivity index (χ2n) is 6.04. The molecule has 0 aliphatic heterocycles. The summed E-state index contributed by atoms with van der Waals surface area (Å²) in [4.78, 5) is 4.47. The summed E-state index contributed by atoms with van der Waals surface area (Å²) in [7, 11) is -1.87. The van der Waals surface area contributed by atoms with Crippen molar-refractivity contribution in [3.05, 3.63) is 59.9 Å². The number of hydrogen-bond donors (Lipinski definition) is 1. The third-order valence-electron chi connectivity index (χ3n) is 4.10. The number of ether oxygens (including phenoxy) is 1. The molecule has 0 aliphatic carbocycles. The molecule has 1 N–H and O–H groups in total. The van der Waals surface area contributed by atoms with Crippen molar-refractivity contribution in [3.63, 3.8) is 0 Å². The van der Waals surface area contributed by atoms with E-state index in [1.807, 2.05) is 38.1 Å². The second-order valence-corrected chi connectivity index (χ2v) is 7.81. The number of aryl methyl sites for hydroxylation is 2. The van der Waals surface area contributed by atoms with Gasteiger partial charge in [0, 0.05) is 13.2 Å². The van der Waals surface area contributed by atoms with Gasteiger partial charge in [-0.15, -0.1) is 0 Å².